The SMILES string of the molecule is O=C(Cc1ccccc1)NC(=O)Nc1ccc(Oc2ccnc(NC(=O)N3CCC(CN4CCCC4)CC3)c2)c(F)c1. The molecule has 3 heterocycles. The Kier molecular flexibility index (Phi) is 9.60. The lowest BCUT2D eigenvalue weighted by molar-refractivity contribution is -0.119. The molecule has 1 aromatic heterocycles. The average molecular weight is 575 g/mol. The Hall–Kier alpha value is -4.51. The maximum Gasteiger partial charge on any atom is 0.325 e. The van der Waals surface area contributed by atoms with E-state index in [9.17, 15) is 18.8 Å². The molecule has 10 nitrogen and oxygen atoms in total. The number of nitrogens with zero attached hydrogens (tertiary/aromatic N) is 3. The van der Waals surface area contributed by atoms with Gasteiger partial charge in [-0.2, -0.15) is 0 Å². The number of halogens is 1. The highest BCUT2D eigenvalue weighted by Gasteiger charge is 2.25. The van der Waals surface area contributed by atoms with Gasteiger partial charge in [-0.25, -0.2) is 19.0 Å². The number of rotatable bonds is 8. The van der Waals surface area contributed by atoms with Crippen molar-refractivity contribution in [1.82, 2.24) is 20.1 Å². The topological polar surface area (TPSA) is 116 Å². The molecule has 0 spiro atoms. The maximum atomic E-state index is 14.8. The van der Waals surface area contributed by atoms with Crippen molar-refractivity contribution in [3.05, 3.63) is 78.2 Å². The number of ether oxygens (including phenoxy) is 1. The summed E-state index contributed by atoms with van der Waals surface area (Å²) in [4.78, 5) is 45.6. The Morgan fingerprint density at radius 3 is 2.43 bits per heavy atom. The Morgan fingerprint density at radius 1 is 0.929 bits per heavy atom. The number of benzene rings is 2. The van der Waals surface area contributed by atoms with E-state index < -0.39 is 17.8 Å². The zero-order chi connectivity index (χ0) is 29.3. The molecule has 11 heteroatoms. The number of likely N-dealkylation sites (tertiary alicyclic amines) is 2. The minimum atomic E-state index is -0.769. The molecule has 2 aliphatic rings. The third-order valence-corrected chi connectivity index (χ3v) is 7.46. The number of pyridine rings is 1. The molecule has 0 saturated carbocycles. The van der Waals surface area contributed by atoms with Gasteiger partial charge in [0.1, 0.15) is 11.6 Å². The van der Waals surface area contributed by atoms with Crippen molar-refractivity contribution in [2.45, 2.75) is 32.1 Å². The monoisotopic (exact) mass is 574 g/mol. The van der Waals surface area contributed by atoms with Crippen LogP contribution in [-0.4, -0.2) is 65.5 Å². The van der Waals surface area contributed by atoms with E-state index >= 15 is 0 Å². The van der Waals surface area contributed by atoms with Crippen LogP contribution in [0.2, 0.25) is 0 Å². The van der Waals surface area contributed by atoms with Crippen LogP contribution in [0.4, 0.5) is 25.5 Å². The van der Waals surface area contributed by atoms with Gasteiger partial charge in [0.25, 0.3) is 0 Å². The van der Waals surface area contributed by atoms with Crippen molar-refractivity contribution in [2.24, 2.45) is 5.92 Å². The lowest BCUT2D eigenvalue weighted by Gasteiger charge is -2.33. The fourth-order valence-corrected chi connectivity index (χ4v) is 5.28. The van der Waals surface area contributed by atoms with E-state index in [4.69, 9.17) is 4.74 Å². The van der Waals surface area contributed by atoms with Crippen molar-refractivity contribution >= 4 is 29.5 Å². The molecule has 3 aromatic rings. The van der Waals surface area contributed by atoms with Crippen LogP contribution in [0.25, 0.3) is 0 Å². The molecular formula is C31H35FN6O4. The van der Waals surface area contributed by atoms with Crippen LogP contribution in [0.1, 0.15) is 31.2 Å². The molecule has 2 fully saturated rings. The Balaban J connectivity index is 1.09. The van der Waals surface area contributed by atoms with Crippen LogP contribution in [0.5, 0.6) is 11.5 Å². The quantitative estimate of drug-likeness (QED) is 0.339. The zero-order valence-electron chi connectivity index (χ0n) is 23.4. The highest BCUT2D eigenvalue weighted by atomic mass is 19.1. The van der Waals surface area contributed by atoms with Gasteiger partial charge in [0.15, 0.2) is 11.6 Å². The third-order valence-electron chi connectivity index (χ3n) is 7.46. The second kappa shape index (κ2) is 13.9. The molecule has 2 aliphatic heterocycles. The summed E-state index contributed by atoms with van der Waals surface area (Å²) in [5.74, 6) is -0.0790. The lowest BCUT2D eigenvalue weighted by atomic mass is 9.96. The molecule has 2 aromatic carbocycles. The zero-order valence-corrected chi connectivity index (χ0v) is 23.4. The van der Waals surface area contributed by atoms with Gasteiger partial charge in [-0.15, -0.1) is 0 Å². The number of anilines is 2. The maximum absolute atomic E-state index is 14.8. The van der Waals surface area contributed by atoms with Crippen molar-refractivity contribution in [3.63, 3.8) is 0 Å². The normalized spacial score (nSPS) is 15.7. The van der Waals surface area contributed by atoms with Crippen LogP contribution >= 0.6 is 0 Å². The summed E-state index contributed by atoms with van der Waals surface area (Å²) in [6.45, 7) is 4.89. The predicted octanol–water partition coefficient (Wildman–Crippen LogP) is 5.24. The summed E-state index contributed by atoms with van der Waals surface area (Å²) in [6.07, 6.45) is 6.04. The number of hydrogen-bond donors (Lipinski definition) is 3. The predicted molar refractivity (Wildman–Crippen MR) is 157 cm³/mol. The molecule has 3 N–H and O–H groups in total. The number of urea groups is 2. The van der Waals surface area contributed by atoms with Gasteiger partial charge >= 0.3 is 12.1 Å². The molecule has 0 atom stereocenters. The molecule has 5 amide bonds. The summed E-state index contributed by atoms with van der Waals surface area (Å²) in [6, 6.07) is 15.0. The van der Waals surface area contributed by atoms with Crippen LogP contribution < -0.4 is 20.7 Å². The first-order valence-electron chi connectivity index (χ1n) is 14.3. The number of imide groups is 1. The third kappa shape index (κ3) is 8.26. The number of piperidine rings is 1. The number of carbonyl (C=O) groups excluding carboxylic acids is 3. The van der Waals surface area contributed by atoms with Gasteiger partial charge in [-0.1, -0.05) is 30.3 Å². The minimum absolute atomic E-state index is 0.0428. The first-order valence-corrected chi connectivity index (χ1v) is 14.3. The summed E-state index contributed by atoms with van der Waals surface area (Å²) in [7, 11) is 0. The van der Waals surface area contributed by atoms with Gasteiger partial charge in [0, 0.05) is 43.7 Å². The molecule has 0 aliphatic carbocycles. The van der Waals surface area contributed by atoms with Crippen LogP contribution in [0.3, 0.4) is 0 Å². The number of carbonyl (C=O) groups is 3. The standard InChI is InChI=1S/C31H35FN6O4/c32-26-19-24(34-30(40)36-29(39)18-22-6-2-1-3-7-22)8-9-27(26)42-25-10-13-33-28(20-25)35-31(41)38-16-11-23(12-17-38)21-37-14-4-5-15-37/h1-3,6-10,13,19-20,23H,4-5,11-12,14-18,21H2,(H,33,35,41)(H2,34,36,39,40). The molecule has 0 bridgehead atoms. The first-order chi connectivity index (χ1) is 20.4. The van der Waals surface area contributed by atoms with E-state index in [-0.39, 0.29) is 29.6 Å². The number of amides is 5. The highest BCUT2D eigenvalue weighted by molar-refractivity contribution is 6.01. The molecule has 0 radical (unpaired) electrons. The smallest absolute Gasteiger partial charge is 0.325 e. The largest absolute Gasteiger partial charge is 0.454 e. The van der Waals surface area contributed by atoms with E-state index in [0.29, 0.717) is 24.8 Å². The van der Waals surface area contributed by atoms with Crippen molar-refractivity contribution in [1.29, 1.82) is 0 Å². The summed E-state index contributed by atoms with van der Waals surface area (Å²) >= 11 is 0. The highest BCUT2D eigenvalue weighted by Crippen LogP contribution is 2.28. The summed E-state index contributed by atoms with van der Waals surface area (Å²) < 4.78 is 20.5. The fourth-order valence-electron chi connectivity index (χ4n) is 5.28. The molecular weight excluding hydrogens is 539 g/mol. The van der Waals surface area contributed by atoms with Crippen LogP contribution in [0.15, 0.2) is 66.9 Å². The Bertz CT molecular complexity index is 1390. The van der Waals surface area contributed by atoms with Crippen molar-refractivity contribution in [2.75, 3.05) is 43.4 Å². The summed E-state index contributed by atoms with van der Waals surface area (Å²) in [5, 5.41) is 7.48. The molecule has 2 saturated heterocycles. The van der Waals surface area contributed by atoms with E-state index in [2.05, 4.69) is 25.8 Å². The summed E-state index contributed by atoms with van der Waals surface area (Å²) in [5.41, 5.74) is 0.916. The van der Waals surface area contributed by atoms with Gasteiger partial charge in [-0.05, 0) is 68.5 Å². The van der Waals surface area contributed by atoms with E-state index in [1.54, 1.807) is 35.2 Å². The Morgan fingerprint density at radius 2 is 1.69 bits per heavy atom. The molecule has 5 rings (SSSR count). The first kappa shape index (κ1) is 29.0. The van der Waals surface area contributed by atoms with Crippen LogP contribution in [0, 0.1) is 11.7 Å². The van der Waals surface area contributed by atoms with Crippen molar-refractivity contribution < 1.29 is 23.5 Å². The number of aromatic nitrogens is 1. The van der Waals surface area contributed by atoms with Gasteiger partial charge < -0.3 is 19.9 Å². The second-order valence-electron chi connectivity index (χ2n) is 10.7. The Labute approximate surface area is 244 Å². The van der Waals surface area contributed by atoms with Gasteiger partial charge in [0.2, 0.25) is 5.91 Å². The van der Waals surface area contributed by atoms with E-state index in [1.807, 2.05) is 6.07 Å². The van der Waals surface area contributed by atoms with Crippen LogP contribution in [-0.2, 0) is 11.2 Å². The minimum Gasteiger partial charge on any atom is -0.454 e. The van der Waals surface area contributed by atoms with E-state index in [0.717, 1.165) is 31.0 Å². The number of nitrogens with one attached hydrogen (secondary N) is 3. The fraction of sp³-hybridized carbons (Fsp3) is 0.355. The second-order valence-corrected chi connectivity index (χ2v) is 10.7. The van der Waals surface area contributed by atoms with Crippen molar-refractivity contribution in [3.8, 4) is 11.5 Å². The van der Waals surface area contributed by atoms with E-state index in [1.165, 1.54) is 50.3 Å². The number of hydrogen-bond acceptors (Lipinski definition) is 6. The molecule has 42 heavy (non-hydrogen) atoms. The van der Waals surface area contributed by atoms with Gasteiger partial charge in [0.05, 0.1) is 6.42 Å². The van der Waals surface area contributed by atoms with Gasteiger partial charge in [-0.3, -0.25) is 15.4 Å². The molecule has 0 unspecified atom stereocenters. The lowest BCUT2D eigenvalue weighted by Crippen LogP contribution is -2.43. The molecule has 220 valence electrons. The average Bonchev–Trinajstić information content (AvgIpc) is 3.48.